The molecule has 0 radical (unpaired) electrons. The van der Waals surface area contributed by atoms with Crippen LogP contribution in [0.5, 0.6) is 0 Å². The Bertz CT molecular complexity index is 548. The van der Waals surface area contributed by atoms with E-state index < -0.39 is 0 Å². The van der Waals surface area contributed by atoms with Gasteiger partial charge >= 0.3 is 0 Å². The summed E-state index contributed by atoms with van der Waals surface area (Å²) in [7, 11) is 0. The number of aromatic amines is 1. The molecule has 5 heteroatoms. The van der Waals surface area contributed by atoms with E-state index in [1.54, 1.807) is 12.3 Å². The van der Waals surface area contributed by atoms with Crippen LogP contribution < -0.4 is 5.32 Å². The van der Waals surface area contributed by atoms with Gasteiger partial charge in [0.25, 0.3) is 0 Å². The number of hydrogen-bond acceptors (Lipinski definition) is 2. The molecule has 0 saturated carbocycles. The number of H-pyrrole nitrogens is 1. The Morgan fingerprint density at radius 1 is 1.06 bits per heavy atom. The third kappa shape index (κ3) is 2.90. The molecule has 88 valence electrons. The van der Waals surface area contributed by atoms with Crippen molar-refractivity contribution in [2.24, 2.45) is 0 Å². The first-order chi connectivity index (χ1) is 8.15. The molecule has 2 aromatic rings. The van der Waals surface area contributed by atoms with E-state index in [0.29, 0.717) is 12.8 Å². The zero-order valence-electron chi connectivity index (χ0n) is 9.00. The first-order valence-corrected chi connectivity index (χ1v) is 5.20. The molecule has 2 heterocycles. The highest BCUT2D eigenvalue weighted by molar-refractivity contribution is 6.01. The summed E-state index contributed by atoms with van der Waals surface area (Å²) in [5, 5.41) is 3.06. The SMILES string of the molecule is Fc1ccc2[nH]ccc2c1.O=C1CCC(=O)N1. The zero-order chi connectivity index (χ0) is 12.3. The molecular formula is C12H11FN2O2. The number of amides is 2. The number of carbonyl (C=O) groups excluding carboxylic acids is 2. The highest BCUT2D eigenvalue weighted by Crippen LogP contribution is 2.12. The average molecular weight is 234 g/mol. The van der Waals surface area contributed by atoms with Gasteiger partial charge in [-0.1, -0.05) is 0 Å². The Morgan fingerprint density at radius 2 is 1.76 bits per heavy atom. The van der Waals surface area contributed by atoms with Crippen LogP contribution >= 0.6 is 0 Å². The Hall–Kier alpha value is -2.17. The number of imide groups is 1. The zero-order valence-corrected chi connectivity index (χ0v) is 9.00. The summed E-state index contributed by atoms with van der Waals surface area (Å²) in [5.41, 5.74) is 0.974. The van der Waals surface area contributed by atoms with Crippen LogP contribution in [-0.2, 0) is 9.59 Å². The molecule has 4 nitrogen and oxygen atoms in total. The smallest absolute Gasteiger partial charge is 0.227 e. The summed E-state index contributed by atoms with van der Waals surface area (Å²) < 4.78 is 12.5. The van der Waals surface area contributed by atoms with E-state index in [1.807, 2.05) is 6.07 Å². The van der Waals surface area contributed by atoms with Gasteiger partial charge in [0.2, 0.25) is 11.8 Å². The standard InChI is InChI=1S/C8H6FN.C4H5NO2/c9-7-1-2-8-6(5-7)3-4-10-8;6-3-1-2-4(7)5-3/h1-5,10H;1-2H2,(H,5,6,7). The van der Waals surface area contributed by atoms with E-state index in [9.17, 15) is 14.0 Å². The number of halogens is 1. The fraction of sp³-hybridized carbons (Fsp3) is 0.167. The Morgan fingerprint density at radius 3 is 2.35 bits per heavy atom. The van der Waals surface area contributed by atoms with Crippen molar-refractivity contribution in [2.45, 2.75) is 12.8 Å². The maximum Gasteiger partial charge on any atom is 0.227 e. The van der Waals surface area contributed by atoms with Gasteiger partial charge in [-0.3, -0.25) is 14.9 Å². The first-order valence-electron chi connectivity index (χ1n) is 5.20. The second kappa shape index (κ2) is 4.78. The van der Waals surface area contributed by atoms with Crippen LogP contribution in [0.15, 0.2) is 30.5 Å². The normalized spacial score (nSPS) is 14.4. The van der Waals surface area contributed by atoms with Gasteiger partial charge in [0.05, 0.1) is 0 Å². The van der Waals surface area contributed by atoms with Crippen molar-refractivity contribution in [3.63, 3.8) is 0 Å². The van der Waals surface area contributed by atoms with Gasteiger partial charge in [-0.2, -0.15) is 0 Å². The van der Waals surface area contributed by atoms with Crippen molar-refractivity contribution in [3.05, 3.63) is 36.3 Å². The molecule has 0 atom stereocenters. The summed E-state index contributed by atoms with van der Waals surface area (Å²) in [6.45, 7) is 0. The Balaban J connectivity index is 0.000000136. The van der Waals surface area contributed by atoms with E-state index in [0.717, 1.165) is 10.9 Å². The molecule has 1 aromatic heterocycles. The number of hydrogen-bond donors (Lipinski definition) is 2. The molecule has 0 aliphatic carbocycles. The number of fused-ring (bicyclic) bond motifs is 1. The highest BCUT2D eigenvalue weighted by atomic mass is 19.1. The Labute approximate surface area is 96.8 Å². The molecular weight excluding hydrogens is 223 g/mol. The summed E-state index contributed by atoms with van der Waals surface area (Å²) in [6.07, 6.45) is 2.54. The maximum atomic E-state index is 12.5. The molecule has 0 unspecified atom stereocenters. The predicted octanol–water partition coefficient (Wildman–Crippen LogP) is 1.73. The molecule has 2 N–H and O–H groups in total. The van der Waals surface area contributed by atoms with Crippen molar-refractivity contribution in [1.29, 1.82) is 0 Å². The average Bonchev–Trinajstić information content (AvgIpc) is 2.87. The van der Waals surface area contributed by atoms with E-state index >= 15 is 0 Å². The van der Waals surface area contributed by atoms with Gasteiger partial charge in [-0.25, -0.2) is 4.39 Å². The number of aromatic nitrogens is 1. The van der Waals surface area contributed by atoms with E-state index in [-0.39, 0.29) is 17.6 Å². The fourth-order valence-corrected chi connectivity index (χ4v) is 1.53. The molecule has 1 aliphatic rings. The summed E-state index contributed by atoms with van der Waals surface area (Å²) in [6, 6.07) is 6.52. The maximum absolute atomic E-state index is 12.5. The molecule has 1 aromatic carbocycles. The largest absolute Gasteiger partial charge is 0.361 e. The predicted molar refractivity (Wildman–Crippen MR) is 60.6 cm³/mol. The van der Waals surface area contributed by atoms with Crippen molar-refractivity contribution < 1.29 is 14.0 Å². The topological polar surface area (TPSA) is 62.0 Å². The number of nitrogens with one attached hydrogen (secondary N) is 2. The fourth-order valence-electron chi connectivity index (χ4n) is 1.53. The van der Waals surface area contributed by atoms with E-state index in [4.69, 9.17) is 0 Å². The van der Waals surface area contributed by atoms with Crippen LogP contribution in [0.4, 0.5) is 4.39 Å². The van der Waals surface area contributed by atoms with Crippen molar-refractivity contribution in [3.8, 4) is 0 Å². The number of benzene rings is 1. The van der Waals surface area contributed by atoms with Crippen LogP contribution in [0.1, 0.15) is 12.8 Å². The van der Waals surface area contributed by atoms with Crippen LogP contribution in [0.3, 0.4) is 0 Å². The third-order valence-corrected chi connectivity index (χ3v) is 2.37. The van der Waals surface area contributed by atoms with Gasteiger partial charge in [0.15, 0.2) is 0 Å². The minimum Gasteiger partial charge on any atom is -0.361 e. The van der Waals surface area contributed by atoms with Crippen molar-refractivity contribution in [2.75, 3.05) is 0 Å². The second-order valence-corrected chi connectivity index (χ2v) is 3.68. The van der Waals surface area contributed by atoms with Crippen molar-refractivity contribution >= 4 is 22.7 Å². The molecule has 3 rings (SSSR count). The van der Waals surface area contributed by atoms with Gasteiger partial charge in [-0.05, 0) is 24.3 Å². The quantitative estimate of drug-likeness (QED) is 0.682. The van der Waals surface area contributed by atoms with Crippen molar-refractivity contribution in [1.82, 2.24) is 10.3 Å². The van der Waals surface area contributed by atoms with Crippen LogP contribution in [0.25, 0.3) is 10.9 Å². The molecule has 0 spiro atoms. The number of carbonyl (C=O) groups is 2. The lowest BCUT2D eigenvalue weighted by Gasteiger charge is -1.87. The first kappa shape index (κ1) is 11.3. The van der Waals surface area contributed by atoms with Gasteiger partial charge < -0.3 is 4.98 Å². The van der Waals surface area contributed by atoms with Crippen LogP contribution in [-0.4, -0.2) is 16.8 Å². The lowest BCUT2D eigenvalue weighted by atomic mass is 10.2. The summed E-state index contributed by atoms with van der Waals surface area (Å²) in [4.78, 5) is 23.2. The molecule has 1 fully saturated rings. The monoisotopic (exact) mass is 234 g/mol. The summed E-state index contributed by atoms with van der Waals surface area (Å²) in [5.74, 6) is -0.484. The molecule has 0 bridgehead atoms. The molecule has 1 saturated heterocycles. The lowest BCUT2D eigenvalue weighted by molar-refractivity contribution is -0.124. The minimum atomic E-state index is -0.188. The number of rotatable bonds is 0. The van der Waals surface area contributed by atoms with E-state index in [2.05, 4.69) is 10.3 Å². The van der Waals surface area contributed by atoms with Gasteiger partial charge in [0, 0.05) is 29.9 Å². The molecule has 17 heavy (non-hydrogen) atoms. The molecule has 1 aliphatic heterocycles. The Kier molecular flexibility index (Phi) is 3.18. The van der Waals surface area contributed by atoms with E-state index in [1.165, 1.54) is 12.1 Å². The minimum absolute atomic E-state index is 0.148. The third-order valence-electron chi connectivity index (χ3n) is 2.37. The molecule has 2 amide bonds. The van der Waals surface area contributed by atoms with Gasteiger partial charge in [-0.15, -0.1) is 0 Å². The van der Waals surface area contributed by atoms with Crippen LogP contribution in [0, 0.1) is 5.82 Å². The van der Waals surface area contributed by atoms with Gasteiger partial charge in [0.1, 0.15) is 5.82 Å². The lowest BCUT2D eigenvalue weighted by Crippen LogP contribution is -2.18. The summed E-state index contributed by atoms with van der Waals surface area (Å²) >= 11 is 0. The van der Waals surface area contributed by atoms with Crippen LogP contribution in [0.2, 0.25) is 0 Å². The highest BCUT2D eigenvalue weighted by Gasteiger charge is 2.15. The second-order valence-electron chi connectivity index (χ2n) is 3.68.